The minimum Gasteiger partial charge on any atom is -0.397 e. The topological polar surface area (TPSA) is 335 Å². The Labute approximate surface area is 557 Å². The first-order chi connectivity index (χ1) is 45.7. The van der Waals surface area contributed by atoms with Gasteiger partial charge in [0.1, 0.15) is 62.9 Å². The Morgan fingerprint density at radius 2 is 0.905 bits per heavy atom. The number of nitrogens with two attached hydrogens (primary N) is 1. The summed E-state index contributed by atoms with van der Waals surface area (Å²) in [5, 5.41) is 24.5. The third-order valence-electron chi connectivity index (χ3n) is 16.7. The lowest BCUT2D eigenvalue weighted by Gasteiger charge is -2.23. The molecule has 9 aromatic heterocycles. The molecule has 13 rings (SSSR count). The number of nitrogens with zero attached hydrogens (tertiary/aromatic N) is 18. The van der Waals surface area contributed by atoms with Crippen molar-refractivity contribution in [1.82, 2.24) is 54.0 Å². The molecule has 0 atom stereocenters. The van der Waals surface area contributed by atoms with E-state index < -0.39 is 9.85 Å². The third-order valence-corrected chi connectivity index (χ3v) is 17.1. The number of rotatable bonds is 15. The molecule has 0 aromatic carbocycles. The number of pyridine rings is 7. The van der Waals surface area contributed by atoms with Gasteiger partial charge in [-0.3, -0.25) is 59.0 Å². The number of carbonyl (C=O) groups excluding carboxylic acids is 4. The van der Waals surface area contributed by atoms with Gasteiger partial charge >= 0.3 is 0 Å². The van der Waals surface area contributed by atoms with E-state index in [4.69, 9.17) is 5.73 Å². The Kier molecular flexibility index (Phi) is 22.8. The van der Waals surface area contributed by atoms with E-state index in [1.165, 1.54) is 12.4 Å². The minimum absolute atomic E-state index is 0.0166. The number of nitrogens with one attached hydrogen (secondary N) is 1. The molecule has 4 aliphatic heterocycles. The lowest BCUT2D eigenvalue weighted by Crippen LogP contribution is -2.25. The first-order valence-electron chi connectivity index (χ1n) is 31.6. The van der Waals surface area contributed by atoms with Crippen LogP contribution in [0.3, 0.4) is 0 Å². The van der Waals surface area contributed by atoms with Gasteiger partial charge < -0.3 is 25.1 Å². The Bertz CT molecular complexity index is 4310. The number of carbonyl (C=O) groups is 4. The number of nitro groups is 2. The molecule has 4 aliphatic rings. The molecule has 0 unspecified atom stereocenters. The van der Waals surface area contributed by atoms with Crippen LogP contribution in [0.2, 0.25) is 0 Å². The second-order valence-electron chi connectivity index (χ2n) is 22.8. The molecule has 496 valence electrons. The number of imidazole rings is 2. The zero-order valence-electron chi connectivity index (χ0n) is 54.5. The molecule has 95 heavy (non-hydrogen) atoms. The number of anilines is 9. The number of halogens is 1. The molecule has 28 nitrogen and oxygen atoms in total. The molecule has 4 amide bonds. The third kappa shape index (κ3) is 16.3. The van der Waals surface area contributed by atoms with E-state index in [1.807, 2.05) is 92.5 Å². The predicted molar refractivity (Wildman–Crippen MR) is 368 cm³/mol. The monoisotopic (exact) mass is 1360 g/mol. The van der Waals surface area contributed by atoms with Crippen LogP contribution in [0.25, 0.3) is 22.1 Å². The van der Waals surface area contributed by atoms with Gasteiger partial charge in [0.05, 0.1) is 81.6 Å². The smallest absolute Gasteiger partial charge is 0.290 e. The van der Waals surface area contributed by atoms with Crippen molar-refractivity contribution < 1.29 is 29.0 Å². The Balaban J connectivity index is 0.000000144. The van der Waals surface area contributed by atoms with Gasteiger partial charge in [0.2, 0.25) is 23.6 Å². The number of nitrogen functional groups attached to an aromatic ring is 1. The highest BCUT2D eigenvalue weighted by atomic mass is 79.9. The molecular weight excluding hydrogens is 1280 g/mol. The van der Waals surface area contributed by atoms with E-state index in [2.05, 4.69) is 80.0 Å². The van der Waals surface area contributed by atoms with E-state index in [9.17, 15) is 39.4 Å². The zero-order valence-corrected chi connectivity index (χ0v) is 56.1. The fraction of sp³-hybridized carbons (Fsp3) is 0.379. The summed E-state index contributed by atoms with van der Waals surface area (Å²) in [5.41, 5.74) is 16.9. The van der Waals surface area contributed by atoms with Crippen molar-refractivity contribution in [3.05, 3.63) is 151 Å². The summed E-state index contributed by atoms with van der Waals surface area (Å²) in [6.07, 6.45) is 24.5. The number of fused-ring (bicyclic) bond motifs is 2. The maximum atomic E-state index is 12.0. The molecule has 9 aromatic rings. The normalized spacial score (nSPS) is 14.3. The summed E-state index contributed by atoms with van der Waals surface area (Å²) in [6.45, 7) is 12.9. The fourth-order valence-corrected chi connectivity index (χ4v) is 11.7. The summed E-state index contributed by atoms with van der Waals surface area (Å²) >= 11 is 3.15. The molecule has 29 heteroatoms. The van der Waals surface area contributed by atoms with Crippen LogP contribution in [0.1, 0.15) is 114 Å². The summed E-state index contributed by atoms with van der Waals surface area (Å²) < 4.78 is 4.57. The van der Waals surface area contributed by atoms with E-state index >= 15 is 0 Å². The maximum absolute atomic E-state index is 12.0. The summed E-state index contributed by atoms with van der Waals surface area (Å²) in [5.74, 6) is 4.83. The van der Waals surface area contributed by atoms with Crippen molar-refractivity contribution in [1.29, 1.82) is 0 Å². The van der Waals surface area contributed by atoms with Gasteiger partial charge in [0.15, 0.2) is 0 Å². The van der Waals surface area contributed by atoms with Crippen LogP contribution in [-0.2, 0) is 65.4 Å². The van der Waals surface area contributed by atoms with Crippen molar-refractivity contribution in [2.45, 2.75) is 118 Å². The highest BCUT2D eigenvalue weighted by Crippen LogP contribution is 2.33. The molecule has 0 aliphatic carbocycles. The largest absolute Gasteiger partial charge is 0.397 e. The molecule has 4 saturated heterocycles. The van der Waals surface area contributed by atoms with Gasteiger partial charge in [-0.1, -0.05) is 34.6 Å². The van der Waals surface area contributed by atoms with Crippen molar-refractivity contribution in [2.75, 3.05) is 68.8 Å². The van der Waals surface area contributed by atoms with Crippen LogP contribution in [0.15, 0.2) is 103 Å². The average molecular weight is 1360 g/mol. The second-order valence-corrected chi connectivity index (χ2v) is 23.6. The fourth-order valence-electron chi connectivity index (χ4n) is 11.3. The molecule has 4 fully saturated rings. The van der Waals surface area contributed by atoms with Crippen LogP contribution in [0, 0.1) is 20.2 Å². The van der Waals surface area contributed by atoms with Gasteiger partial charge in [0, 0.05) is 96.3 Å². The molecule has 0 radical (unpaired) electrons. The lowest BCUT2D eigenvalue weighted by atomic mass is 10.1. The molecule has 0 bridgehead atoms. The average Bonchev–Trinajstić information content (AvgIpc) is 1.81. The summed E-state index contributed by atoms with van der Waals surface area (Å²) in [4.78, 5) is 115. The number of aryl methyl sites for hydroxylation is 7. The van der Waals surface area contributed by atoms with Crippen LogP contribution >= 0.6 is 15.9 Å². The number of hydrogen-bond donors (Lipinski definition) is 2. The summed E-state index contributed by atoms with van der Waals surface area (Å²) in [7, 11) is 5.92. The van der Waals surface area contributed by atoms with Gasteiger partial charge in [-0.15, -0.1) is 0 Å². The molecular formula is C66H77BrN20O8. The standard InChI is InChI=1S/C19H22N6O.C18H20N6O.C11H13N3O3.C11H15N3O.C7H7BrN2O2/c1-4-13-8-18(25-7-5-6-19(25)26)21-11-16(13)24(3)17-9-15-14(10-20-17)22-12-23(15)2;1-3-12-7-17(24-6-4-5-18(24)25)20-9-13(12)22-16-8-15-14(10-19-16)21-11-23(15)2;1-2-8-6-10(12-7-9(8)14(16)17)13-5-3-4-11(13)15;1-2-8-6-10(13-7-9(8)12)14-5-3-4-11(14)15;1-2-5-3-7(8)9-4-6(5)10(11)12/h8-12H,4-7H2,1-3H3;7-11H,3-6H2,1-2H3,(H,19,22);6-7H,2-5H2,1H3;6-7H,2-5,12H2,1H3;3-4H,2H2,1H3. The van der Waals surface area contributed by atoms with Gasteiger partial charge in [-0.2, -0.15) is 0 Å². The maximum Gasteiger partial charge on any atom is 0.290 e. The van der Waals surface area contributed by atoms with Gasteiger partial charge in [0.25, 0.3) is 11.4 Å². The van der Waals surface area contributed by atoms with Crippen molar-refractivity contribution in [2.24, 2.45) is 14.1 Å². The van der Waals surface area contributed by atoms with Crippen molar-refractivity contribution >= 4 is 125 Å². The second kappa shape index (κ2) is 31.4. The number of hydrogen-bond acceptors (Lipinski definition) is 20. The van der Waals surface area contributed by atoms with E-state index in [1.54, 1.807) is 69.2 Å². The van der Waals surface area contributed by atoms with Crippen molar-refractivity contribution in [3.8, 4) is 0 Å². The highest BCUT2D eigenvalue weighted by Gasteiger charge is 2.28. The highest BCUT2D eigenvalue weighted by molar-refractivity contribution is 9.10. The quantitative estimate of drug-likeness (QED) is 0.0547. The molecule has 13 heterocycles. The van der Waals surface area contributed by atoms with Crippen LogP contribution < -0.4 is 35.6 Å². The minimum atomic E-state index is -0.443. The predicted octanol–water partition coefficient (Wildman–Crippen LogP) is 11.0. The van der Waals surface area contributed by atoms with E-state index in [0.29, 0.717) is 72.3 Å². The molecule has 0 saturated carbocycles. The SMILES string of the molecule is CCc1cc(Br)ncc1[N+](=O)[O-].CCc1cc(N2CCCC2=O)ncc1N.CCc1cc(N2CCCC2=O)ncc1N(C)c1cc2c(cn1)ncn2C.CCc1cc(N2CCCC2=O)ncc1Nc1cc2c(cn1)ncn2C.CCc1cc(N2CCCC2=O)ncc1[N+](=O)[O-]. The molecule has 0 spiro atoms. The molecule has 3 N–H and O–H groups in total. The Hall–Kier alpha value is -10.4. The zero-order chi connectivity index (χ0) is 68.0. The van der Waals surface area contributed by atoms with E-state index in [-0.39, 0.29) is 35.0 Å². The van der Waals surface area contributed by atoms with Gasteiger partial charge in [-0.05, 0) is 121 Å². The first-order valence-corrected chi connectivity index (χ1v) is 32.4. The van der Waals surface area contributed by atoms with Gasteiger partial charge in [-0.25, -0.2) is 44.9 Å². The lowest BCUT2D eigenvalue weighted by molar-refractivity contribution is -0.386. The van der Waals surface area contributed by atoms with Crippen LogP contribution in [0.5, 0.6) is 0 Å². The van der Waals surface area contributed by atoms with E-state index in [0.717, 1.165) is 144 Å². The van der Waals surface area contributed by atoms with Crippen molar-refractivity contribution in [3.63, 3.8) is 0 Å². The number of aromatic nitrogens is 11. The van der Waals surface area contributed by atoms with Crippen LogP contribution in [-0.4, -0.2) is 121 Å². The van der Waals surface area contributed by atoms with Crippen LogP contribution in [0.4, 0.5) is 63.3 Å². The summed E-state index contributed by atoms with van der Waals surface area (Å²) in [6, 6.07) is 13.2. The Morgan fingerprint density at radius 1 is 0.495 bits per heavy atom. The Morgan fingerprint density at radius 3 is 1.38 bits per heavy atom. The number of amides is 4. The first kappa shape index (κ1) is 68.9.